The van der Waals surface area contributed by atoms with E-state index in [1.165, 1.54) is 28.0 Å². The molecule has 2 N–H and O–H groups in total. The molecule has 13 heteroatoms. The summed E-state index contributed by atoms with van der Waals surface area (Å²) in [5, 5.41) is 22.3. The molecule has 2 amide bonds. The van der Waals surface area contributed by atoms with Crippen LogP contribution in [0.1, 0.15) is 16.7 Å². The minimum atomic E-state index is -0.342. The van der Waals surface area contributed by atoms with Crippen molar-refractivity contribution in [2.24, 2.45) is 9.98 Å². The maximum atomic E-state index is 13.2. The van der Waals surface area contributed by atoms with E-state index in [1.807, 2.05) is 13.0 Å². The van der Waals surface area contributed by atoms with Crippen molar-refractivity contribution < 1.29 is 19.8 Å². The molecular weight excluding hydrogens is 790 g/mol. The summed E-state index contributed by atoms with van der Waals surface area (Å²) in [5.74, 6) is -0.605. The molecule has 6 aromatic rings. The lowest BCUT2D eigenvalue weighted by molar-refractivity contribution is -0.112. The summed E-state index contributed by atoms with van der Waals surface area (Å²) in [6.45, 7) is 1.90. The fourth-order valence-electron chi connectivity index (χ4n) is 5.91. The Morgan fingerprint density at radius 2 is 1.09 bits per heavy atom. The van der Waals surface area contributed by atoms with Gasteiger partial charge in [0.05, 0.1) is 44.2 Å². The highest BCUT2D eigenvalue weighted by Crippen LogP contribution is 2.42. The van der Waals surface area contributed by atoms with Crippen molar-refractivity contribution in [3.8, 4) is 11.5 Å². The Hall–Kier alpha value is -5.35. The molecule has 2 aliphatic heterocycles. The highest BCUT2D eigenvalue weighted by Gasteiger charge is 2.37. The first-order valence-electron chi connectivity index (χ1n) is 16.1. The summed E-state index contributed by atoms with van der Waals surface area (Å²) in [6, 6.07) is 33.6. The lowest BCUT2D eigenvalue weighted by Crippen LogP contribution is -2.25. The molecule has 0 aliphatic carbocycles. The fraction of sp³-hybridized carbons (Fsp3) is 0.0244. The quantitative estimate of drug-likeness (QED) is 0.185. The molecule has 0 spiro atoms. The summed E-state index contributed by atoms with van der Waals surface area (Å²) in [5.41, 5.74) is 5.84. The Kier molecular flexibility index (Phi) is 10.4. The van der Waals surface area contributed by atoms with Crippen LogP contribution in [0, 0.1) is 6.92 Å². The molecule has 8 nitrogen and oxygen atoms in total. The van der Waals surface area contributed by atoms with E-state index in [9.17, 15) is 19.8 Å². The number of aliphatic imine (C=N–C) groups is 2. The van der Waals surface area contributed by atoms with Crippen LogP contribution in [-0.4, -0.2) is 33.5 Å². The summed E-state index contributed by atoms with van der Waals surface area (Å²) < 4.78 is 0. The van der Waals surface area contributed by atoms with Crippen LogP contribution in [0.4, 0.5) is 34.1 Å². The van der Waals surface area contributed by atoms with Crippen LogP contribution in [0.15, 0.2) is 131 Å². The largest absolute Gasteiger partial charge is 0.508 e. The second-order valence-electron chi connectivity index (χ2n) is 12.1. The number of anilines is 4. The maximum Gasteiger partial charge on any atom is 0.282 e. The summed E-state index contributed by atoms with van der Waals surface area (Å²) in [7, 11) is 0. The van der Waals surface area contributed by atoms with Crippen molar-refractivity contribution in [3.63, 3.8) is 0 Å². The van der Waals surface area contributed by atoms with Gasteiger partial charge in [-0.3, -0.25) is 19.4 Å². The number of aromatic hydroxyl groups is 2. The minimum absolute atomic E-state index is 0.00591. The van der Waals surface area contributed by atoms with Gasteiger partial charge in [-0.2, -0.15) is 0 Å². The van der Waals surface area contributed by atoms with E-state index in [0.29, 0.717) is 70.4 Å². The van der Waals surface area contributed by atoms with Crippen molar-refractivity contribution in [2.45, 2.75) is 6.92 Å². The third-order valence-corrected chi connectivity index (χ3v) is 10.1. The van der Waals surface area contributed by atoms with Crippen LogP contribution in [0.2, 0.25) is 25.1 Å². The van der Waals surface area contributed by atoms with Gasteiger partial charge < -0.3 is 10.2 Å². The van der Waals surface area contributed by atoms with Crippen molar-refractivity contribution in [1.82, 2.24) is 0 Å². The lowest BCUT2D eigenvalue weighted by Gasteiger charge is -2.18. The zero-order valence-corrected chi connectivity index (χ0v) is 31.7. The molecule has 2 aliphatic rings. The number of phenols is 2. The number of rotatable bonds is 4. The zero-order chi connectivity index (χ0) is 38.3. The van der Waals surface area contributed by atoms with Gasteiger partial charge in [-0.1, -0.05) is 82.3 Å². The number of amides is 2. The number of halogens is 5. The number of hydrogen-bond donors (Lipinski definition) is 2. The van der Waals surface area contributed by atoms with Crippen LogP contribution in [-0.2, 0) is 9.59 Å². The van der Waals surface area contributed by atoms with Crippen molar-refractivity contribution in [1.29, 1.82) is 0 Å². The number of benzene rings is 6. The number of phenolic OH excluding ortho intramolecular Hbond substituents is 2. The lowest BCUT2D eigenvalue weighted by atomic mass is 10.1. The number of hydrogen-bond acceptors (Lipinski definition) is 6. The molecule has 6 aromatic carbocycles. The number of fused-ring (bicyclic) bond motifs is 2. The Morgan fingerprint density at radius 1 is 0.519 bits per heavy atom. The second-order valence-corrected chi connectivity index (χ2v) is 14.2. The van der Waals surface area contributed by atoms with Crippen LogP contribution in [0.3, 0.4) is 0 Å². The van der Waals surface area contributed by atoms with Gasteiger partial charge in [0, 0.05) is 32.3 Å². The summed E-state index contributed by atoms with van der Waals surface area (Å²) in [4.78, 5) is 38.3. The fourth-order valence-corrected chi connectivity index (χ4v) is 6.72. The number of nitrogens with zero attached hydrogens (tertiary/aromatic N) is 4. The molecule has 0 atom stereocenters. The van der Waals surface area contributed by atoms with Crippen LogP contribution < -0.4 is 9.80 Å². The molecule has 0 fully saturated rings. The monoisotopic (exact) mass is 812 g/mol. The maximum absolute atomic E-state index is 13.2. The highest BCUT2D eigenvalue weighted by molar-refractivity contribution is 6.57. The van der Waals surface area contributed by atoms with Crippen LogP contribution in [0.25, 0.3) is 0 Å². The average molecular weight is 815 g/mol. The molecule has 0 bridgehead atoms. The predicted octanol–water partition coefficient (Wildman–Crippen LogP) is 12.0. The minimum Gasteiger partial charge on any atom is -0.508 e. The standard InChI is InChI=1S/C21H14Cl2N2O2.C20H11Cl3N2O2/c1-12-6-8-14(11-16(12)23)24-20-15-10-13(22)7-9-17(15)25(21(20)27)18-4-2-3-5-19(18)26;21-11-4-7-18-15(8-11)19(24-12-5-6-16(22)17(23)9-12)20(27)25(18)13-2-1-3-14(26)10-13/h2-11,26H,1H3;1-10,26H. The van der Waals surface area contributed by atoms with Gasteiger partial charge in [0.25, 0.3) is 11.8 Å². The Morgan fingerprint density at radius 3 is 1.69 bits per heavy atom. The molecule has 54 heavy (non-hydrogen) atoms. The zero-order valence-electron chi connectivity index (χ0n) is 27.9. The highest BCUT2D eigenvalue weighted by atomic mass is 35.5. The topological polar surface area (TPSA) is 106 Å². The average Bonchev–Trinajstić information content (AvgIpc) is 3.56. The predicted molar refractivity (Wildman–Crippen MR) is 218 cm³/mol. The van der Waals surface area contributed by atoms with Gasteiger partial charge in [0.2, 0.25) is 0 Å². The van der Waals surface area contributed by atoms with Crippen molar-refractivity contribution in [2.75, 3.05) is 9.80 Å². The normalized spacial score (nSPS) is 14.7. The molecule has 0 saturated carbocycles. The molecule has 0 saturated heterocycles. The molecule has 0 unspecified atom stereocenters. The molecule has 8 rings (SSSR count). The Bertz CT molecular complexity index is 2570. The van der Waals surface area contributed by atoms with Gasteiger partial charge in [0.1, 0.15) is 22.9 Å². The molecule has 0 radical (unpaired) electrons. The van der Waals surface area contributed by atoms with Gasteiger partial charge >= 0.3 is 0 Å². The van der Waals surface area contributed by atoms with Crippen molar-refractivity contribution >= 4 is 115 Å². The third-order valence-electron chi connectivity index (χ3n) is 8.47. The number of carbonyl (C=O) groups is 2. The van der Waals surface area contributed by atoms with Gasteiger partial charge in [-0.15, -0.1) is 0 Å². The van der Waals surface area contributed by atoms with Crippen molar-refractivity contribution in [3.05, 3.63) is 163 Å². The molecule has 2 heterocycles. The first kappa shape index (κ1) is 37.0. The van der Waals surface area contributed by atoms with E-state index in [-0.39, 0.29) is 34.7 Å². The van der Waals surface area contributed by atoms with E-state index in [4.69, 9.17) is 58.0 Å². The van der Waals surface area contributed by atoms with Crippen LogP contribution in [0.5, 0.6) is 11.5 Å². The smallest absolute Gasteiger partial charge is 0.282 e. The van der Waals surface area contributed by atoms with E-state index in [0.717, 1.165) is 5.56 Å². The number of carbonyl (C=O) groups excluding carboxylic acids is 2. The van der Waals surface area contributed by atoms with Gasteiger partial charge in [-0.25, -0.2) is 9.98 Å². The summed E-state index contributed by atoms with van der Waals surface area (Å²) in [6.07, 6.45) is 0. The van der Waals surface area contributed by atoms with E-state index in [2.05, 4.69) is 9.98 Å². The number of aryl methyl sites for hydroxylation is 1. The first-order chi connectivity index (χ1) is 25.9. The van der Waals surface area contributed by atoms with Crippen LogP contribution >= 0.6 is 58.0 Å². The van der Waals surface area contributed by atoms with E-state index < -0.39 is 0 Å². The molecule has 0 aromatic heterocycles. The Balaban J connectivity index is 0.000000167. The molecular formula is C41H25Cl5N4O4. The SMILES string of the molecule is Cc1ccc(N=C2C(=O)N(c3ccccc3O)c3ccc(Cl)cc32)cc1Cl.O=C1C(=Nc2ccc(Cl)c(Cl)c2)c2cc(Cl)ccc2N1c1cccc(O)c1. The summed E-state index contributed by atoms with van der Waals surface area (Å²) >= 11 is 30.5. The van der Waals surface area contributed by atoms with E-state index in [1.54, 1.807) is 97.1 Å². The Labute approximate surface area is 334 Å². The second kappa shape index (κ2) is 15.2. The van der Waals surface area contributed by atoms with E-state index >= 15 is 0 Å². The van der Waals surface area contributed by atoms with Gasteiger partial charge in [0.15, 0.2) is 0 Å². The molecule has 268 valence electrons. The third kappa shape index (κ3) is 7.27. The number of para-hydroxylation sites is 2. The first-order valence-corrected chi connectivity index (χ1v) is 18.0. The van der Waals surface area contributed by atoms with Gasteiger partial charge in [-0.05, 0) is 103 Å².